The van der Waals surface area contributed by atoms with Gasteiger partial charge < -0.3 is 4.74 Å². The summed E-state index contributed by atoms with van der Waals surface area (Å²) in [5, 5.41) is 3.93. The molecular formula is C19H22N2O2. The Balaban J connectivity index is 1.67. The largest absolute Gasteiger partial charge is 0.483 e. The van der Waals surface area contributed by atoms with Crippen LogP contribution in [0.4, 0.5) is 0 Å². The van der Waals surface area contributed by atoms with Crippen LogP contribution in [0, 0.1) is 13.8 Å². The molecule has 2 rings (SSSR count). The van der Waals surface area contributed by atoms with E-state index in [-0.39, 0.29) is 12.5 Å². The highest BCUT2D eigenvalue weighted by atomic mass is 16.5. The lowest BCUT2D eigenvalue weighted by Crippen LogP contribution is -2.24. The molecule has 1 amide bonds. The van der Waals surface area contributed by atoms with Gasteiger partial charge in [0.1, 0.15) is 5.75 Å². The zero-order chi connectivity index (χ0) is 16.5. The zero-order valence-corrected chi connectivity index (χ0v) is 13.6. The molecule has 1 N–H and O–H groups in total. The Morgan fingerprint density at radius 1 is 1.17 bits per heavy atom. The van der Waals surface area contributed by atoms with Crippen molar-refractivity contribution < 1.29 is 9.53 Å². The third kappa shape index (κ3) is 5.94. The monoisotopic (exact) mass is 310 g/mol. The topological polar surface area (TPSA) is 50.7 Å². The van der Waals surface area contributed by atoms with E-state index in [0.717, 1.165) is 24.2 Å². The first-order chi connectivity index (χ1) is 11.1. The molecule has 120 valence electrons. The van der Waals surface area contributed by atoms with E-state index in [1.807, 2.05) is 50.2 Å². The fraction of sp³-hybridized carbons (Fsp3) is 0.263. The lowest BCUT2D eigenvalue weighted by Gasteiger charge is -2.08. The number of nitrogens with one attached hydrogen (secondary N) is 1. The van der Waals surface area contributed by atoms with E-state index in [2.05, 4.69) is 22.7 Å². The fourth-order valence-electron chi connectivity index (χ4n) is 2.19. The molecule has 0 aliphatic rings. The van der Waals surface area contributed by atoms with Gasteiger partial charge in [0, 0.05) is 6.21 Å². The first-order valence-electron chi connectivity index (χ1n) is 7.69. The maximum absolute atomic E-state index is 11.7. The standard InChI is InChI=1S/C19H22N2O2/c1-15-10-11-18(16(2)13-15)23-14-19(22)21-20-12-6-9-17-7-4-3-5-8-17/h3-5,7-8,10-13H,6,9,14H2,1-2H3,(H,21,22)/b20-12+. The van der Waals surface area contributed by atoms with E-state index in [4.69, 9.17) is 4.74 Å². The van der Waals surface area contributed by atoms with Crippen molar-refractivity contribution in [3.05, 3.63) is 65.2 Å². The molecule has 23 heavy (non-hydrogen) atoms. The number of aryl methyl sites for hydroxylation is 3. The molecule has 0 aliphatic heterocycles. The van der Waals surface area contributed by atoms with Gasteiger partial charge in [-0.2, -0.15) is 5.10 Å². The van der Waals surface area contributed by atoms with E-state index in [1.54, 1.807) is 6.21 Å². The van der Waals surface area contributed by atoms with Gasteiger partial charge in [0.25, 0.3) is 5.91 Å². The van der Waals surface area contributed by atoms with Crippen LogP contribution in [0.3, 0.4) is 0 Å². The smallest absolute Gasteiger partial charge is 0.277 e. The van der Waals surface area contributed by atoms with Gasteiger partial charge in [-0.3, -0.25) is 4.79 Å². The summed E-state index contributed by atoms with van der Waals surface area (Å²) in [6.45, 7) is 3.94. The molecule has 4 heteroatoms. The third-order valence-electron chi connectivity index (χ3n) is 3.37. The number of hydrazone groups is 1. The molecule has 0 aromatic heterocycles. The minimum Gasteiger partial charge on any atom is -0.483 e. The Labute approximate surface area is 137 Å². The normalized spacial score (nSPS) is 10.7. The summed E-state index contributed by atoms with van der Waals surface area (Å²) in [5.41, 5.74) is 5.92. The number of rotatable bonds is 7. The molecular weight excluding hydrogens is 288 g/mol. The quantitative estimate of drug-likeness (QED) is 0.629. The average molecular weight is 310 g/mol. The van der Waals surface area contributed by atoms with Crippen molar-refractivity contribution in [2.75, 3.05) is 6.61 Å². The average Bonchev–Trinajstić information content (AvgIpc) is 2.54. The van der Waals surface area contributed by atoms with Crippen LogP contribution in [0.1, 0.15) is 23.1 Å². The predicted octanol–water partition coefficient (Wildman–Crippen LogP) is 3.42. The maximum atomic E-state index is 11.7. The molecule has 0 unspecified atom stereocenters. The van der Waals surface area contributed by atoms with Crippen molar-refractivity contribution in [2.24, 2.45) is 5.10 Å². The van der Waals surface area contributed by atoms with E-state index in [1.165, 1.54) is 11.1 Å². The summed E-state index contributed by atoms with van der Waals surface area (Å²) in [6.07, 6.45) is 3.39. The number of amides is 1. The first-order valence-corrected chi connectivity index (χ1v) is 7.69. The Morgan fingerprint density at radius 2 is 1.96 bits per heavy atom. The van der Waals surface area contributed by atoms with Gasteiger partial charge in [-0.05, 0) is 43.9 Å². The minimum atomic E-state index is -0.263. The molecule has 0 saturated carbocycles. The van der Waals surface area contributed by atoms with Crippen LogP contribution in [-0.4, -0.2) is 18.7 Å². The number of carbonyl (C=O) groups excluding carboxylic acids is 1. The van der Waals surface area contributed by atoms with Crippen LogP contribution in [0.25, 0.3) is 0 Å². The van der Waals surface area contributed by atoms with Gasteiger partial charge in [-0.25, -0.2) is 5.43 Å². The molecule has 2 aromatic carbocycles. The summed E-state index contributed by atoms with van der Waals surface area (Å²) in [7, 11) is 0. The molecule has 0 radical (unpaired) electrons. The second kappa shape index (κ2) is 8.73. The van der Waals surface area contributed by atoms with E-state index in [9.17, 15) is 4.79 Å². The Morgan fingerprint density at radius 3 is 2.70 bits per heavy atom. The Bertz CT molecular complexity index is 666. The number of carbonyl (C=O) groups is 1. The fourth-order valence-corrected chi connectivity index (χ4v) is 2.19. The van der Waals surface area contributed by atoms with Crippen molar-refractivity contribution >= 4 is 12.1 Å². The van der Waals surface area contributed by atoms with Crippen molar-refractivity contribution in [1.29, 1.82) is 0 Å². The van der Waals surface area contributed by atoms with Crippen LogP contribution in [0.5, 0.6) is 5.75 Å². The van der Waals surface area contributed by atoms with Gasteiger partial charge in [-0.1, -0.05) is 48.0 Å². The first kappa shape index (κ1) is 16.7. The third-order valence-corrected chi connectivity index (χ3v) is 3.37. The number of nitrogens with zero attached hydrogens (tertiary/aromatic N) is 1. The number of hydrogen-bond acceptors (Lipinski definition) is 3. The van der Waals surface area contributed by atoms with Crippen LogP contribution in [0.15, 0.2) is 53.6 Å². The van der Waals surface area contributed by atoms with Crippen LogP contribution in [0.2, 0.25) is 0 Å². The van der Waals surface area contributed by atoms with Gasteiger partial charge in [0.05, 0.1) is 0 Å². The summed E-state index contributed by atoms with van der Waals surface area (Å²) >= 11 is 0. The second-order valence-electron chi connectivity index (χ2n) is 5.43. The van der Waals surface area contributed by atoms with Crippen LogP contribution in [-0.2, 0) is 11.2 Å². The van der Waals surface area contributed by atoms with E-state index in [0.29, 0.717) is 0 Å². The number of benzene rings is 2. The molecule has 0 heterocycles. The van der Waals surface area contributed by atoms with E-state index < -0.39 is 0 Å². The summed E-state index contributed by atoms with van der Waals surface area (Å²) in [5.74, 6) is 0.458. The zero-order valence-electron chi connectivity index (χ0n) is 13.6. The van der Waals surface area contributed by atoms with Gasteiger partial charge in [0.2, 0.25) is 0 Å². The van der Waals surface area contributed by atoms with Crippen molar-refractivity contribution in [1.82, 2.24) is 5.43 Å². The van der Waals surface area contributed by atoms with Crippen LogP contribution < -0.4 is 10.2 Å². The van der Waals surface area contributed by atoms with Crippen molar-refractivity contribution in [2.45, 2.75) is 26.7 Å². The highest BCUT2D eigenvalue weighted by molar-refractivity contribution is 5.78. The predicted molar refractivity (Wildman–Crippen MR) is 92.8 cm³/mol. The highest BCUT2D eigenvalue weighted by Crippen LogP contribution is 2.18. The molecule has 0 saturated heterocycles. The minimum absolute atomic E-state index is 0.0417. The Hall–Kier alpha value is -2.62. The number of hydrogen-bond donors (Lipinski definition) is 1. The SMILES string of the molecule is Cc1ccc(OCC(=O)N/N=C/CCc2ccccc2)c(C)c1. The number of ether oxygens (including phenoxy) is 1. The Kier molecular flexibility index (Phi) is 6.36. The summed E-state index contributed by atoms with van der Waals surface area (Å²) in [6, 6.07) is 16.0. The van der Waals surface area contributed by atoms with Gasteiger partial charge >= 0.3 is 0 Å². The van der Waals surface area contributed by atoms with Crippen LogP contribution >= 0.6 is 0 Å². The molecule has 0 atom stereocenters. The maximum Gasteiger partial charge on any atom is 0.277 e. The lowest BCUT2D eigenvalue weighted by molar-refractivity contribution is -0.123. The van der Waals surface area contributed by atoms with Crippen molar-refractivity contribution in [3.63, 3.8) is 0 Å². The summed E-state index contributed by atoms with van der Waals surface area (Å²) < 4.78 is 5.49. The molecule has 0 aliphatic carbocycles. The van der Waals surface area contributed by atoms with Crippen molar-refractivity contribution in [3.8, 4) is 5.75 Å². The molecule has 0 bridgehead atoms. The molecule has 2 aromatic rings. The van der Waals surface area contributed by atoms with Gasteiger partial charge in [-0.15, -0.1) is 0 Å². The molecule has 0 fully saturated rings. The second-order valence-corrected chi connectivity index (χ2v) is 5.43. The lowest BCUT2D eigenvalue weighted by atomic mass is 10.1. The van der Waals surface area contributed by atoms with E-state index >= 15 is 0 Å². The molecule has 4 nitrogen and oxygen atoms in total. The highest BCUT2D eigenvalue weighted by Gasteiger charge is 2.03. The molecule has 0 spiro atoms. The van der Waals surface area contributed by atoms with Gasteiger partial charge in [0.15, 0.2) is 6.61 Å². The summed E-state index contributed by atoms with van der Waals surface area (Å²) in [4.78, 5) is 11.7.